The zero-order valence-corrected chi connectivity index (χ0v) is 12.4. The quantitative estimate of drug-likeness (QED) is 0.712. The topological polar surface area (TPSA) is 126 Å². The number of nitrogens with one attached hydrogen (secondary N) is 2. The molecule has 9 heteroatoms. The molecule has 1 atom stereocenters. The van der Waals surface area contributed by atoms with Crippen molar-refractivity contribution in [1.82, 2.24) is 25.6 Å². The first kappa shape index (κ1) is 16.6. The molecule has 0 spiro atoms. The van der Waals surface area contributed by atoms with Crippen molar-refractivity contribution in [3.8, 4) is 0 Å². The second kappa shape index (κ2) is 6.82. The van der Waals surface area contributed by atoms with Crippen molar-refractivity contribution < 1.29 is 19.5 Å². The van der Waals surface area contributed by atoms with Crippen LogP contribution in [0.25, 0.3) is 0 Å². The molecule has 0 fully saturated rings. The van der Waals surface area contributed by atoms with Gasteiger partial charge in [0, 0.05) is 7.05 Å². The number of nitrogens with zero attached hydrogens (tertiary/aromatic N) is 3. The lowest BCUT2D eigenvalue weighted by atomic mass is 10.1. The second-order valence-electron chi connectivity index (χ2n) is 4.98. The monoisotopic (exact) mass is 297 g/mol. The largest absolute Gasteiger partial charge is 0.476 e. The predicted molar refractivity (Wildman–Crippen MR) is 72.8 cm³/mol. The first-order chi connectivity index (χ1) is 9.77. The van der Waals surface area contributed by atoms with E-state index in [1.165, 1.54) is 18.7 Å². The number of hydrogen-bond acceptors (Lipinski definition) is 5. The molecule has 1 aromatic heterocycles. The molecule has 3 N–H and O–H groups in total. The SMILES string of the molecule is CNC(=O)NC(=O)C(C)n1nnc(C(=O)O)c1CC(C)C. The number of carbonyl (C=O) groups is 3. The van der Waals surface area contributed by atoms with E-state index in [-0.39, 0.29) is 11.6 Å². The molecule has 3 amide bonds. The zero-order valence-electron chi connectivity index (χ0n) is 12.4. The number of aromatic nitrogens is 3. The number of urea groups is 1. The Hall–Kier alpha value is -2.45. The van der Waals surface area contributed by atoms with Crippen LogP contribution in [0.4, 0.5) is 4.79 Å². The van der Waals surface area contributed by atoms with Crippen LogP contribution in [-0.2, 0) is 11.2 Å². The smallest absolute Gasteiger partial charge is 0.358 e. The normalized spacial score (nSPS) is 12.0. The maximum absolute atomic E-state index is 11.9. The van der Waals surface area contributed by atoms with Crippen molar-refractivity contribution >= 4 is 17.9 Å². The van der Waals surface area contributed by atoms with Crippen LogP contribution in [0.2, 0.25) is 0 Å². The van der Waals surface area contributed by atoms with Crippen molar-refractivity contribution in [1.29, 1.82) is 0 Å². The molecule has 9 nitrogen and oxygen atoms in total. The molecule has 1 rings (SSSR count). The number of carboxylic acids is 1. The number of rotatable bonds is 5. The highest BCUT2D eigenvalue weighted by molar-refractivity contribution is 5.96. The highest BCUT2D eigenvalue weighted by atomic mass is 16.4. The summed E-state index contributed by atoms with van der Waals surface area (Å²) in [4.78, 5) is 34.2. The van der Waals surface area contributed by atoms with Crippen LogP contribution in [-0.4, -0.2) is 45.1 Å². The molecule has 1 aromatic rings. The van der Waals surface area contributed by atoms with E-state index in [9.17, 15) is 14.4 Å². The molecule has 116 valence electrons. The average Bonchev–Trinajstić information content (AvgIpc) is 2.80. The van der Waals surface area contributed by atoms with E-state index < -0.39 is 23.9 Å². The van der Waals surface area contributed by atoms with E-state index >= 15 is 0 Å². The Morgan fingerprint density at radius 1 is 1.29 bits per heavy atom. The van der Waals surface area contributed by atoms with Crippen LogP contribution in [0.5, 0.6) is 0 Å². The molecule has 0 saturated carbocycles. The standard InChI is InChI=1S/C12H19N5O4/c1-6(2)5-8-9(11(19)20)15-16-17(8)7(3)10(18)14-12(21)13-4/h6-7H,5H2,1-4H3,(H,19,20)(H2,13,14,18,21). The first-order valence-corrected chi connectivity index (χ1v) is 6.47. The van der Waals surface area contributed by atoms with E-state index in [0.717, 1.165) is 0 Å². The molecule has 0 bridgehead atoms. The van der Waals surface area contributed by atoms with Gasteiger partial charge in [-0.2, -0.15) is 0 Å². The third-order valence-corrected chi connectivity index (χ3v) is 2.81. The molecule has 1 heterocycles. The summed E-state index contributed by atoms with van der Waals surface area (Å²) in [5.41, 5.74) is 0.181. The lowest BCUT2D eigenvalue weighted by molar-refractivity contribution is -0.123. The van der Waals surface area contributed by atoms with Gasteiger partial charge in [0.25, 0.3) is 5.91 Å². The molecule has 1 unspecified atom stereocenters. The first-order valence-electron chi connectivity index (χ1n) is 6.47. The van der Waals surface area contributed by atoms with Crippen LogP contribution < -0.4 is 10.6 Å². The summed E-state index contributed by atoms with van der Waals surface area (Å²) < 4.78 is 1.24. The number of carbonyl (C=O) groups excluding carboxylic acids is 2. The highest BCUT2D eigenvalue weighted by Gasteiger charge is 2.26. The van der Waals surface area contributed by atoms with Crippen LogP contribution >= 0.6 is 0 Å². The summed E-state index contributed by atoms with van der Waals surface area (Å²) in [6, 6.07) is -1.49. The summed E-state index contributed by atoms with van der Waals surface area (Å²) in [5.74, 6) is -1.63. The Morgan fingerprint density at radius 2 is 1.90 bits per heavy atom. The van der Waals surface area contributed by atoms with E-state index in [1.54, 1.807) is 0 Å². The minimum Gasteiger partial charge on any atom is -0.476 e. The molecule has 0 aromatic carbocycles. The Morgan fingerprint density at radius 3 is 2.38 bits per heavy atom. The summed E-state index contributed by atoms with van der Waals surface area (Å²) in [5, 5.41) is 20.8. The zero-order chi connectivity index (χ0) is 16.2. The number of imide groups is 1. The minimum atomic E-state index is -1.20. The molecular weight excluding hydrogens is 278 g/mol. The van der Waals surface area contributed by atoms with Gasteiger partial charge < -0.3 is 10.4 Å². The summed E-state index contributed by atoms with van der Waals surface area (Å²) >= 11 is 0. The van der Waals surface area contributed by atoms with Gasteiger partial charge in [-0.05, 0) is 19.3 Å². The molecular formula is C12H19N5O4. The third-order valence-electron chi connectivity index (χ3n) is 2.81. The number of carboxylic acid groups (broad SMARTS) is 1. The van der Waals surface area contributed by atoms with E-state index in [1.807, 2.05) is 13.8 Å². The van der Waals surface area contributed by atoms with Gasteiger partial charge in [-0.3, -0.25) is 10.1 Å². The van der Waals surface area contributed by atoms with Gasteiger partial charge in [0.05, 0.1) is 5.69 Å². The summed E-state index contributed by atoms with van der Waals surface area (Å²) in [6.07, 6.45) is 0.409. The Kier molecular flexibility index (Phi) is 5.39. The predicted octanol–water partition coefficient (Wildman–Crippen LogP) is 0.191. The van der Waals surface area contributed by atoms with Gasteiger partial charge in [-0.15, -0.1) is 5.10 Å². The van der Waals surface area contributed by atoms with Crippen molar-refractivity contribution in [3.63, 3.8) is 0 Å². The fraction of sp³-hybridized carbons (Fsp3) is 0.583. The molecule has 0 aliphatic rings. The average molecular weight is 297 g/mol. The van der Waals surface area contributed by atoms with Crippen LogP contribution in [0, 0.1) is 5.92 Å². The van der Waals surface area contributed by atoms with E-state index in [0.29, 0.717) is 12.1 Å². The fourth-order valence-corrected chi connectivity index (χ4v) is 1.76. The third kappa shape index (κ3) is 4.01. The lowest BCUT2D eigenvalue weighted by Gasteiger charge is -2.15. The van der Waals surface area contributed by atoms with Gasteiger partial charge in [0.1, 0.15) is 6.04 Å². The second-order valence-corrected chi connectivity index (χ2v) is 4.98. The van der Waals surface area contributed by atoms with Gasteiger partial charge in [-0.25, -0.2) is 14.3 Å². The summed E-state index contributed by atoms with van der Waals surface area (Å²) in [7, 11) is 1.38. The molecule has 0 radical (unpaired) electrons. The van der Waals surface area contributed by atoms with E-state index in [2.05, 4.69) is 20.9 Å². The molecule has 0 aliphatic heterocycles. The van der Waals surface area contributed by atoms with Gasteiger partial charge >= 0.3 is 12.0 Å². The van der Waals surface area contributed by atoms with Gasteiger partial charge in [-0.1, -0.05) is 19.1 Å². The minimum absolute atomic E-state index is 0.162. The van der Waals surface area contributed by atoms with Crippen LogP contribution in [0.3, 0.4) is 0 Å². The van der Waals surface area contributed by atoms with Crippen molar-refractivity contribution in [3.05, 3.63) is 11.4 Å². The number of hydrogen-bond donors (Lipinski definition) is 3. The maximum Gasteiger partial charge on any atom is 0.358 e. The molecule has 21 heavy (non-hydrogen) atoms. The van der Waals surface area contributed by atoms with Crippen LogP contribution in [0.1, 0.15) is 43.0 Å². The van der Waals surface area contributed by atoms with Crippen molar-refractivity contribution in [2.75, 3.05) is 7.05 Å². The van der Waals surface area contributed by atoms with Gasteiger partial charge in [0.2, 0.25) is 0 Å². The molecule has 0 saturated heterocycles. The number of aromatic carboxylic acids is 1. The van der Waals surface area contributed by atoms with E-state index in [4.69, 9.17) is 5.11 Å². The van der Waals surface area contributed by atoms with Crippen molar-refractivity contribution in [2.45, 2.75) is 33.2 Å². The Bertz CT molecular complexity index is 552. The fourth-order valence-electron chi connectivity index (χ4n) is 1.76. The molecule has 0 aliphatic carbocycles. The number of amides is 3. The van der Waals surface area contributed by atoms with Crippen LogP contribution in [0.15, 0.2) is 0 Å². The lowest BCUT2D eigenvalue weighted by Crippen LogP contribution is -2.41. The highest BCUT2D eigenvalue weighted by Crippen LogP contribution is 2.16. The van der Waals surface area contributed by atoms with Gasteiger partial charge in [0.15, 0.2) is 5.69 Å². The Labute approximate surface area is 121 Å². The van der Waals surface area contributed by atoms with Crippen molar-refractivity contribution in [2.24, 2.45) is 5.92 Å². The Balaban J connectivity index is 3.08. The summed E-state index contributed by atoms with van der Waals surface area (Å²) in [6.45, 7) is 5.35. The maximum atomic E-state index is 11.9.